The number of hydrogen-bond acceptors (Lipinski definition) is 7. The molecule has 2 aromatic rings. The van der Waals surface area contributed by atoms with Gasteiger partial charge in [-0.2, -0.15) is 0 Å². The largest absolute Gasteiger partial charge is 0.505 e. The molecule has 2 aromatic carbocycles. The van der Waals surface area contributed by atoms with Gasteiger partial charge in [0.25, 0.3) is 5.91 Å². The van der Waals surface area contributed by atoms with Crippen LogP contribution in [0.2, 0.25) is 10.0 Å². The Hall–Kier alpha value is -2.52. The lowest BCUT2D eigenvalue weighted by atomic mass is 10.0. The number of nitrogens with zero attached hydrogens (tertiary/aromatic N) is 1. The van der Waals surface area contributed by atoms with Crippen LogP contribution in [-0.2, 0) is 16.0 Å². The van der Waals surface area contributed by atoms with Crippen LogP contribution in [0.4, 0.5) is 0 Å². The molecule has 196 valence electrons. The van der Waals surface area contributed by atoms with Crippen molar-refractivity contribution in [1.29, 1.82) is 0 Å². The topological polar surface area (TPSA) is 114 Å². The van der Waals surface area contributed by atoms with Crippen molar-refractivity contribution in [2.24, 2.45) is 5.73 Å². The third-order valence-electron chi connectivity index (χ3n) is 6.06. The Bertz CT molecular complexity index is 1030. The number of amides is 1. The fourth-order valence-corrected chi connectivity index (χ4v) is 4.51. The second-order valence-electron chi connectivity index (χ2n) is 8.90. The van der Waals surface area contributed by atoms with Crippen LogP contribution in [-0.4, -0.2) is 67.3 Å². The molecule has 1 heterocycles. The van der Waals surface area contributed by atoms with E-state index >= 15 is 0 Å². The van der Waals surface area contributed by atoms with Gasteiger partial charge in [-0.15, -0.1) is 0 Å². The minimum absolute atomic E-state index is 0.0733. The van der Waals surface area contributed by atoms with E-state index in [4.69, 9.17) is 38.4 Å². The monoisotopic (exact) mass is 537 g/mol. The standard InChI is InChI=1S/C26H33Cl2N3O5/c1-31-12-9-18(10-13-31)36-26(34)21(15-17-7-3-2-4-8-17)30-25(33)19-16-20(27)24(22(28)23(19)32)35-14-6-5-11-29/h2-4,7-8,16,18,21,32H,5-6,9-15,29H2,1H3,(H,30,33)/t21-/m0/s1. The van der Waals surface area contributed by atoms with E-state index < -0.39 is 23.7 Å². The average Bonchev–Trinajstić information content (AvgIpc) is 2.87. The SMILES string of the molecule is CN1CCC(OC(=O)[C@H](Cc2ccccc2)NC(=O)c2cc(Cl)c(OCCCCN)c(Cl)c2O)CC1. The van der Waals surface area contributed by atoms with E-state index in [0.29, 0.717) is 19.6 Å². The molecule has 1 aliphatic heterocycles. The number of carbonyl (C=O) groups is 2. The van der Waals surface area contributed by atoms with Gasteiger partial charge in [-0.1, -0.05) is 53.5 Å². The summed E-state index contributed by atoms with van der Waals surface area (Å²) >= 11 is 12.6. The highest BCUT2D eigenvalue weighted by Gasteiger charge is 2.29. The average molecular weight is 538 g/mol. The number of phenolic OH excluding ortho intramolecular Hbond substituents is 1. The van der Waals surface area contributed by atoms with Gasteiger partial charge in [-0.25, -0.2) is 4.79 Å². The van der Waals surface area contributed by atoms with Crippen LogP contribution in [0.15, 0.2) is 36.4 Å². The van der Waals surface area contributed by atoms with Gasteiger partial charge >= 0.3 is 5.97 Å². The Morgan fingerprint density at radius 3 is 2.56 bits per heavy atom. The Morgan fingerprint density at radius 2 is 1.89 bits per heavy atom. The molecule has 36 heavy (non-hydrogen) atoms. The molecule has 8 nitrogen and oxygen atoms in total. The zero-order chi connectivity index (χ0) is 26.1. The normalized spacial score (nSPS) is 15.3. The quantitative estimate of drug-likeness (QED) is 0.295. The molecule has 0 spiro atoms. The predicted octanol–water partition coefficient (Wildman–Crippen LogP) is 3.80. The number of rotatable bonds is 11. The first-order valence-electron chi connectivity index (χ1n) is 12.1. The molecule has 1 atom stereocenters. The molecule has 10 heteroatoms. The lowest BCUT2D eigenvalue weighted by molar-refractivity contribution is -0.153. The molecule has 0 bridgehead atoms. The number of esters is 1. The van der Waals surface area contributed by atoms with E-state index in [2.05, 4.69) is 10.2 Å². The van der Waals surface area contributed by atoms with Crippen LogP contribution in [0.1, 0.15) is 41.6 Å². The second-order valence-corrected chi connectivity index (χ2v) is 9.68. The summed E-state index contributed by atoms with van der Waals surface area (Å²) in [4.78, 5) is 28.5. The Labute approximate surface area is 221 Å². The van der Waals surface area contributed by atoms with Crippen LogP contribution in [0, 0.1) is 0 Å². The molecule has 0 unspecified atom stereocenters. The van der Waals surface area contributed by atoms with Crippen molar-refractivity contribution in [2.75, 3.05) is 33.3 Å². The first kappa shape index (κ1) is 28.1. The number of piperidine rings is 1. The molecule has 1 saturated heterocycles. The number of nitrogens with one attached hydrogen (secondary N) is 1. The number of halogens is 2. The van der Waals surface area contributed by atoms with Gasteiger partial charge in [0, 0.05) is 19.5 Å². The number of phenols is 1. The number of hydrogen-bond donors (Lipinski definition) is 3. The van der Waals surface area contributed by atoms with Crippen molar-refractivity contribution in [3.63, 3.8) is 0 Å². The van der Waals surface area contributed by atoms with Crippen molar-refractivity contribution >= 4 is 35.1 Å². The predicted molar refractivity (Wildman–Crippen MR) is 140 cm³/mol. The highest BCUT2D eigenvalue weighted by atomic mass is 35.5. The molecule has 3 rings (SSSR count). The molecule has 0 saturated carbocycles. The van der Waals surface area contributed by atoms with E-state index in [0.717, 1.165) is 37.9 Å². The highest BCUT2D eigenvalue weighted by molar-refractivity contribution is 6.39. The summed E-state index contributed by atoms with van der Waals surface area (Å²) < 4.78 is 11.3. The summed E-state index contributed by atoms with van der Waals surface area (Å²) in [5, 5.41) is 13.2. The van der Waals surface area contributed by atoms with Crippen LogP contribution in [0.5, 0.6) is 11.5 Å². The third-order valence-corrected chi connectivity index (χ3v) is 6.69. The van der Waals surface area contributed by atoms with E-state index in [1.807, 2.05) is 37.4 Å². The number of benzene rings is 2. The summed E-state index contributed by atoms with van der Waals surface area (Å²) in [7, 11) is 2.02. The Kier molecular flexibility index (Phi) is 10.7. The van der Waals surface area contributed by atoms with Gasteiger partial charge in [-0.3, -0.25) is 4.79 Å². The zero-order valence-corrected chi connectivity index (χ0v) is 21.9. The van der Waals surface area contributed by atoms with Crippen LogP contribution < -0.4 is 15.8 Å². The van der Waals surface area contributed by atoms with Crippen LogP contribution >= 0.6 is 23.2 Å². The Balaban J connectivity index is 1.76. The second kappa shape index (κ2) is 13.7. The van der Waals surface area contributed by atoms with E-state index in [1.54, 1.807) is 0 Å². The summed E-state index contributed by atoms with van der Waals surface area (Å²) in [6.45, 7) is 2.50. The summed E-state index contributed by atoms with van der Waals surface area (Å²) in [5.41, 5.74) is 6.17. The number of nitrogens with two attached hydrogens (primary N) is 1. The lowest BCUT2D eigenvalue weighted by Gasteiger charge is -2.30. The third kappa shape index (κ3) is 7.74. The van der Waals surface area contributed by atoms with Crippen LogP contribution in [0.25, 0.3) is 0 Å². The van der Waals surface area contributed by atoms with Crippen molar-refractivity contribution < 1.29 is 24.2 Å². The molecule has 0 aliphatic carbocycles. The van der Waals surface area contributed by atoms with E-state index in [1.165, 1.54) is 6.07 Å². The molecular weight excluding hydrogens is 505 g/mol. The highest BCUT2D eigenvalue weighted by Crippen LogP contribution is 2.42. The van der Waals surface area contributed by atoms with Gasteiger partial charge in [0.2, 0.25) is 0 Å². The number of ether oxygens (including phenoxy) is 2. The van der Waals surface area contributed by atoms with Crippen molar-refractivity contribution in [2.45, 2.75) is 44.2 Å². The molecule has 0 aromatic heterocycles. The fraction of sp³-hybridized carbons (Fsp3) is 0.462. The maximum Gasteiger partial charge on any atom is 0.329 e. The fourth-order valence-electron chi connectivity index (χ4n) is 3.95. The van der Waals surface area contributed by atoms with Crippen molar-refractivity contribution in [3.05, 3.63) is 57.6 Å². The van der Waals surface area contributed by atoms with Gasteiger partial charge in [0.15, 0.2) is 11.5 Å². The van der Waals surface area contributed by atoms with Crippen LogP contribution in [0.3, 0.4) is 0 Å². The van der Waals surface area contributed by atoms with Gasteiger partial charge in [-0.05, 0) is 50.9 Å². The van der Waals surface area contributed by atoms with Crippen molar-refractivity contribution in [3.8, 4) is 11.5 Å². The first-order valence-corrected chi connectivity index (χ1v) is 12.8. The lowest BCUT2D eigenvalue weighted by Crippen LogP contribution is -2.45. The number of carbonyl (C=O) groups excluding carboxylic acids is 2. The minimum atomic E-state index is -0.969. The number of likely N-dealkylation sites (tertiary alicyclic amines) is 1. The van der Waals surface area contributed by atoms with Gasteiger partial charge in [0.05, 0.1) is 17.2 Å². The number of aromatic hydroxyl groups is 1. The van der Waals surface area contributed by atoms with E-state index in [9.17, 15) is 14.7 Å². The molecule has 4 N–H and O–H groups in total. The number of unbranched alkanes of at least 4 members (excludes halogenated alkanes) is 1. The van der Waals surface area contributed by atoms with Gasteiger partial charge in [0.1, 0.15) is 17.2 Å². The zero-order valence-electron chi connectivity index (χ0n) is 20.3. The minimum Gasteiger partial charge on any atom is -0.505 e. The first-order chi connectivity index (χ1) is 17.3. The Morgan fingerprint density at radius 1 is 1.19 bits per heavy atom. The maximum absolute atomic E-state index is 13.2. The molecular formula is C26H33Cl2N3O5. The smallest absolute Gasteiger partial charge is 0.329 e. The summed E-state index contributed by atoms with van der Waals surface area (Å²) in [6, 6.07) is 9.62. The maximum atomic E-state index is 13.2. The van der Waals surface area contributed by atoms with Gasteiger partial charge < -0.3 is 30.5 Å². The molecule has 1 aliphatic rings. The molecule has 0 radical (unpaired) electrons. The van der Waals surface area contributed by atoms with E-state index in [-0.39, 0.29) is 33.9 Å². The molecule has 1 fully saturated rings. The summed E-state index contributed by atoms with van der Waals surface area (Å²) in [5.74, 6) is -1.62. The summed E-state index contributed by atoms with van der Waals surface area (Å²) in [6.07, 6.45) is 2.92. The molecule has 1 amide bonds. The van der Waals surface area contributed by atoms with Crippen molar-refractivity contribution in [1.82, 2.24) is 10.2 Å².